The summed E-state index contributed by atoms with van der Waals surface area (Å²) in [6, 6.07) is 21.4. The second-order valence-corrected chi connectivity index (χ2v) is 7.70. The first-order valence-electron chi connectivity index (χ1n) is 9.76. The maximum Gasteiger partial charge on any atom is 0.130 e. The van der Waals surface area contributed by atoms with E-state index in [1.54, 1.807) is 24.2 Å². The molecule has 4 rings (SSSR count). The number of hydrogen-bond donors (Lipinski definition) is 2. The average molecular weight is 427 g/mol. The Morgan fingerprint density at radius 3 is 2.48 bits per heavy atom. The first-order valence-corrected chi connectivity index (χ1v) is 11.0. The number of allylic oxidation sites excluding steroid dienone is 1. The van der Waals surface area contributed by atoms with E-state index in [0.29, 0.717) is 17.9 Å². The van der Waals surface area contributed by atoms with Crippen LogP contribution in [0.3, 0.4) is 0 Å². The van der Waals surface area contributed by atoms with Crippen LogP contribution in [-0.2, 0) is 6.61 Å². The van der Waals surface area contributed by atoms with Gasteiger partial charge in [-0.1, -0.05) is 18.2 Å². The lowest BCUT2D eigenvalue weighted by atomic mass is 10.0. The molecule has 0 saturated heterocycles. The predicted octanol–water partition coefficient (Wildman–Crippen LogP) is 5.41. The molecule has 5 nitrogen and oxygen atoms in total. The third-order valence-electron chi connectivity index (χ3n) is 4.93. The fraction of sp³-hybridized carbons (Fsp3) is 0.0800. The summed E-state index contributed by atoms with van der Waals surface area (Å²) in [5.41, 5.74) is 11.1. The van der Waals surface area contributed by atoms with Gasteiger partial charge < -0.3 is 15.9 Å². The molecule has 0 unspecified atom stereocenters. The number of nitrogens with zero attached hydrogens (tertiary/aromatic N) is 2. The van der Waals surface area contributed by atoms with Gasteiger partial charge in [-0.2, -0.15) is 0 Å². The molecule has 154 valence electrons. The second-order valence-electron chi connectivity index (χ2n) is 6.85. The molecule has 0 radical (unpaired) electrons. The topological polar surface area (TPSA) is 84.9 Å². The van der Waals surface area contributed by atoms with Crippen molar-refractivity contribution in [1.29, 1.82) is 5.41 Å². The monoisotopic (exact) mass is 426 g/mol. The number of para-hydroxylation sites is 1. The van der Waals surface area contributed by atoms with Crippen molar-refractivity contribution in [1.82, 2.24) is 9.97 Å². The van der Waals surface area contributed by atoms with Crippen molar-refractivity contribution in [2.45, 2.75) is 11.5 Å². The minimum Gasteiger partial charge on any atom is -0.487 e. The fourth-order valence-electron chi connectivity index (χ4n) is 3.33. The maximum atomic E-state index is 7.75. The Labute approximate surface area is 185 Å². The van der Waals surface area contributed by atoms with Crippen LogP contribution in [0.4, 0.5) is 0 Å². The maximum absolute atomic E-state index is 7.75. The molecule has 0 aliphatic rings. The fourth-order valence-corrected chi connectivity index (χ4v) is 3.98. The van der Waals surface area contributed by atoms with Crippen molar-refractivity contribution in [3.8, 4) is 5.75 Å². The normalized spacial score (nSPS) is 11.8. The molecule has 4 aromatic rings. The molecule has 2 heterocycles. The van der Waals surface area contributed by atoms with Gasteiger partial charge in [-0.15, -0.1) is 11.8 Å². The molecule has 0 bridgehead atoms. The van der Waals surface area contributed by atoms with Crippen molar-refractivity contribution < 1.29 is 4.74 Å². The summed E-state index contributed by atoms with van der Waals surface area (Å²) in [7, 11) is 0. The Bertz CT molecular complexity index is 1240. The van der Waals surface area contributed by atoms with Crippen LogP contribution in [0.5, 0.6) is 5.75 Å². The first kappa shape index (κ1) is 20.6. The van der Waals surface area contributed by atoms with E-state index >= 15 is 0 Å². The number of benzene rings is 2. The first-order chi connectivity index (χ1) is 15.2. The van der Waals surface area contributed by atoms with Crippen LogP contribution >= 0.6 is 11.8 Å². The molecule has 31 heavy (non-hydrogen) atoms. The van der Waals surface area contributed by atoms with E-state index in [9.17, 15) is 0 Å². The van der Waals surface area contributed by atoms with E-state index in [-0.39, 0.29) is 0 Å². The predicted molar refractivity (Wildman–Crippen MR) is 128 cm³/mol. The molecule has 0 spiro atoms. The number of rotatable bonds is 7. The third-order valence-corrected chi connectivity index (χ3v) is 5.71. The highest BCUT2D eigenvalue weighted by molar-refractivity contribution is 7.98. The van der Waals surface area contributed by atoms with E-state index in [0.717, 1.165) is 33.5 Å². The van der Waals surface area contributed by atoms with E-state index in [4.69, 9.17) is 20.9 Å². The molecular weight excluding hydrogens is 404 g/mol. The van der Waals surface area contributed by atoms with Gasteiger partial charge in [-0.05, 0) is 65.9 Å². The van der Waals surface area contributed by atoms with Crippen molar-refractivity contribution in [3.63, 3.8) is 0 Å². The zero-order valence-electron chi connectivity index (χ0n) is 17.1. The van der Waals surface area contributed by atoms with Gasteiger partial charge in [-0.25, -0.2) is 4.98 Å². The van der Waals surface area contributed by atoms with Crippen molar-refractivity contribution >= 4 is 40.1 Å². The lowest BCUT2D eigenvalue weighted by molar-refractivity contribution is 0.301. The zero-order chi connectivity index (χ0) is 21.6. The van der Waals surface area contributed by atoms with Gasteiger partial charge in [0.15, 0.2) is 0 Å². The Kier molecular flexibility index (Phi) is 6.29. The molecule has 3 N–H and O–H groups in total. The molecule has 2 aromatic carbocycles. The molecule has 6 heteroatoms. The van der Waals surface area contributed by atoms with E-state index in [1.165, 1.54) is 11.1 Å². The number of fused-ring (bicyclic) bond motifs is 1. The Morgan fingerprint density at radius 2 is 1.77 bits per heavy atom. The van der Waals surface area contributed by atoms with Gasteiger partial charge in [0.1, 0.15) is 12.4 Å². The highest BCUT2D eigenvalue weighted by Gasteiger charge is 2.08. The summed E-state index contributed by atoms with van der Waals surface area (Å²) in [6.07, 6.45) is 6.71. The lowest BCUT2D eigenvalue weighted by Gasteiger charge is -2.11. The van der Waals surface area contributed by atoms with E-state index in [2.05, 4.69) is 23.4 Å². The number of nitrogens with two attached hydrogens (primary N) is 1. The largest absolute Gasteiger partial charge is 0.487 e. The summed E-state index contributed by atoms with van der Waals surface area (Å²) >= 11 is 1.71. The average Bonchev–Trinajstić information content (AvgIpc) is 2.83. The Balaban J connectivity index is 1.52. The van der Waals surface area contributed by atoms with E-state index in [1.807, 2.05) is 54.6 Å². The van der Waals surface area contributed by atoms with Gasteiger partial charge in [0.05, 0.1) is 11.2 Å². The highest BCUT2D eigenvalue weighted by Crippen LogP contribution is 2.27. The minimum atomic E-state index is 0.381. The molecule has 0 saturated carbocycles. The number of ether oxygens (including phenoxy) is 1. The second kappa shape index (κ2) is 9.45. The van der Waals surface area contributed by atoms with Gasteiger partial charge >= 0.3 is 0 Å². The number of nitrogens with one attached hydrogen (secondary N) is 1. The molecule has 0 atom stereocenters. The highest BCUT2D eigenvalue weighted by atomic mass is 32.2. The number of pyridine rings is 2. The number of thioether (sulfide) groups is 1. The summed E-state index contributed by atoms with van der Waals surface area (Å²) in [4.78, 5) is 9.92. The number of aromatic nitrogens is 2. The summed E-state index contributed by atoms with van der Waals surface area (Å²) in [5.74, 6) is 0.734. The molecule has 0 aliphatic carbocycles. The third kappa shape index (κ3) is 4.59. The Morgan fingerprint density at radius 1 is 1.03 bits per heavy atom. The summed E-state index contributed by atoms with van der Waals surface area (Å²) < 4.78 is 5.96. The van der Waals surface area contributed by atoms with Crippen LogP contribution in [0.25, 0.3) is 22.2 Å². The van der Waals surface area contributed by atoms with Gasteiger partial charge in [0, 0.05) is 40.2 Å². The minimum absolute atomic E-state index is 0.381. The standard InChI is InChI=1S/C25H22N4OS/c1-31-24-14-19(29-23-5-3-2-4-21(23)24)16-30-20-8-6-18(7-9-20)25(27)22(15-26)17-10-12-28-13-11-17/h2-15,26H,16,27H2,1H3/b25-22+,26-15?. The number of hydrogen-bond acceptors (Lipinski definition) is 6. The van der Waals surface area contributed by atoms with E-state index < -0.39 is 0 Å². The quantitative estimate of drug-likeness (QED) is 0.305. The van der Waals surface area contributed by atoms with Crippen molar-refractivity contribution in [2.75, 3.05) is 6.26 Å². The molecule has 0 fully saturated rings. The Hall–Kier alpha value is -3.64. The summed E-state index contributed by atoms with van der Waals surface area (Å²) in [6.45, 7) is 0.381. The van der Waals surface area contributed by atoms with Crippen LogP contribution in [0.2, 0.25) is 0 Å². The van der Waals surface area contributed by atoms with Gasteiger partial charge in [0.25, 0.3) is 0 Å². The van der Waals surface area contributed by atoms with Crippen LogP contribution in [0.15, 0.2) is 84.0 Å². The van der Waals surface area contributed by atoms with Crippen molar-refractivity contribution in [2.24, 2.45) is 5.73 Å². The summed E-state index contributed by atoms with van der Waals surface area (Å²) in [5, 5.41) is 8.91. The molecule has 0 aliphatic heterocycles. The lowest BCUT2D eigenvalue weighted by Crippen LogP contribution is -2.03. The zero-order valence-corrected chi connectivity index (χ0v) is 17.9. The SMILES string of the molecule is CSc1cc(COc2ccc(/C(N)=C(/C=N)c3ccncc3)cc2)nc2ccccc12. The van der Waals surface area contributed by atoms with Gasteiger partial charge in [0.2, 0.25) is 0 Å². The van der Waals surface area contributed by atoms with Gasteiger partial charge in [-0.3, -0.25) is 4.98 Å². The smallest absolute Gasteiger partial charge is 0.130 e. The molecule has 2 aromatic heterocycles. The van der Waals surface area contributed by atoms with Crippen LogP contribution in [-0.4, -0.2) is 22.4 Å². The van der Waals surface area contributed by atoms with Crippen molar-refractivity contribution in [3.05, 3.63) is 95.9 Å². The molecular formula is C25H22N4OS. The van der Waals surface area contributed by atoms with Crippen LogP contribution in [0, 0.1) is 5.41 Å². The van der Waals surface area contributed by atoms with Crippen LogP contribution < -0.4 is 10.5 Å². The van der Waals surface area contributed by atoms with Crippen LogP contribution in [0.1, 0.15) is 16.8 Å². The molecule has 0 amide bonds.